The molecule has 3 atom stereocenters. The van der Waals surface area contributed by atoms with Gasteiger partial charge < -0.3 is 4.74 Å². The Kier molecular flexibility index (Phi) is 7.23. The van der Waals surface area contributed by atoms with Crippen LogP contribution in [-0.4, -0.2) is 31.7 Å². The van der Waals surface area contributed by atoms with E-state index in [1.807, 2.05) is 60.8 Å². The largest absolute Gasteiger partial charge is 0.457 e. The smallest absolute Gasteiger partial charge is 0.137 e. The molecule has 0 amide bonds. The molecule has 0 aliphatic heterocycles. The number of benzene rings is 3. The zero-order valence-corrected chi connectivity index (χ0v) is 25.5. The lowest BCUT2D eigenvalue weighted by Crippen LogP contribution is -2.25. The summed E-state index contributed by atoms with van der Waals surface area (Å²) in [6.45, 7) is 7.84. The van der Waals surface area contributed by atoms with E-state index in [0.717, 1.165) is 33.7 Å². The van der Waals surface area contributed by atoms with E-state index in [4.69, 9.17) is 9.72 Å². The Bertz CT molecular complexity index is 2090. The summed E-state index contributed by atoms with van der Waals surface area (Å²) in [4.78, 5) is 4.73. The van der Waals surface area contributed by atoms with Gasteiger partial charge in [0.25, 0.3) is 0 Å². The van der Waals surface area contributed by atoms with Crippen molar-refractivity contribution in [3.8, 4) is 23.0 Å². The van der Waals surface area contributed by atoms with Crippen molar-refractivity contribution in [2.24, 2.45) is 0 Å². The third kappa shape index (κ3) is 5.08. The summed E-state index contributed by atoms with van der Waals surface area (Å²) < 4.78 is 53.7. The molecule has 0 N–H and O–H groups in total. The molecule has 0 bridgehead atoms. The summed E-state index contributed by atoms with van der Waals surface area (Å²) in [6, 6.07) is 25.9. The number of aryl methyl sites for hydroxylation is 1. The Morgan fingerprint density at radius 1 is 0.867 bits per heavy atom. The molecule has 3 aromatic heterocycles. The second kappa shape index (κ2) is 11.3. The van der Waals surface area contributed by atoms with Gasteiger partial charge in [-0.2, -0.15) is 5.10 Å². The van der Waals surface area contributed by atoms with Crippen molar-refractivity contribution in [2.45, 2.75) is 58.3 Å². The highest BCUT2D eigenvalue weighted by Gasteiger charge is 2.37. The Labute approximate surface area is 259 Å². The fourth-order valence-corrected chi connectivity index (χ4v) is 6.53. The van der Waals surface area contributed by atoms with E-state index in [0.29, 0.717) is 40.1 Å². The van der Waals surface area contributed by atoms with Gasteiger partial charge in [-0.1, -0.05) is 38.1 Å². The fourth-order valence-electron chi connectivity index (χ4n) is 6.53. The minimum Gasteiger partial charge on any atom is -0.457 e. The number of rotatable bonds is 6. The van der Waals surface area contributed by atoms with Crippen molar-refractivity contribution < 1.29 is 17.9 Å². The number of ether oxygens (including phenoxy) is 1. The Balaban J connectivity index is 1.26. The Hall–Kier alpha value is -4.85. The number of hydrogen-bond donors (Lipinski definition) is 0. The van der Waals surface area contributed by atoms with Crippen LogP contribution in [0, 0.1) is 13.8 Å². The number of aromatic nitrogens is 4. The molecule has 1 unspecified atom stereocenters. The number of para-hydroxylation sites is 1. The van der Waals surface area contributed by atoms with E-state index >= 15 is 0 Å². The van der Waals surface area contributed by atoms with Crippen LogP contribution in [0.15, 0.2) is 97.0 Å². The van der Waals surface area contributed by atoms with Crippen molar-refractivity contribution >= 4 is 21.8 Å². The summed E-state index contributed by atoms with van der Waals surface area (Å²) in [7, 11) is 0. The van der Waals surface area contributed by atoms with E-state index in [1.165, 1.54) is 5.56 Å². The number of hydrogen-bond acceptors (Lipinski definition) is 3. The van der Waals surface area contributed by atoms with Gasteiger partial charge in [-0.25, -0.2) is 22.8 Å². The minimum atomic E-state index is -1.66. The van der Waals surface area contributed by atoms with Gasteiger partial charge in [0.1, 0.15) is 35.5 Å². The van der Waals surface area contributed by atoms with Gasteiger partial charge in [0, 0.05) is 46.8 Å². The van der Waals surface area contributed by atoms with Gasteiger partial charge in [0.15, 0.2) is 0 Å². The number of nitrogens with zero attached hydrogens (tertiary/aromatic N) is 4. The molecule has 5 nitrogen and oxygen atoms in total. The maximum absolute atomic E-state index is 14.9. The molecule has 8 heteroatoms. The molecule has 228 valence electrons. The highest BCUT2D eigenvalue weighted by Crippen LogP contribution is 2.41. The molecule has 0 saturated heterocycles. The molecule has 3 aromatic carbocycles. The normalized spacial score (nSPS) is 18.6. The lowest BCUT2D eigenvalue weighted by atomic mass is 9.85. The predicted octanol–water partition coefficient (Wildman–Crippen LogP) is 9.91. The quantitative estimate of drug-likeness (QED) is 0.190. The second-order valence-electron chi connectivity index (χ2n) is 12.0. The third-order valence-corrected chi connectivity index (χ3v) is 8.72. The monoisotopic (exact) mass is 606 g/mol. The van der Waals surface area contributed by atoms with Gasteiger partial charge in [0.2, 0.25) is 0 Å². The topological polar surface area (TPSA) is 44.9 Å². The van der Waals surface area contributed by atoms with Gasteiger partial charge in [-0.3, -0.25) is 4.57 Å². The van der Waals surface area contributed by atoms with Crippen molar-refractivity contribution in [2.75, 3.05) is 0 Å². The van der Waals surface area contributed by atoms with Crippen LogP contribution < -0.4 is 4.74 Å². The van der Waals surface area contributed by atoms with Crippen LogP contribution in [0.1, 0.15) is 54.6 Å². The van der Waals surface area contributed by atoms with Crippen LogP contribution in [0.2, 0.25) is 0 Å². The van der Waals surface area contributed by atoms with E-state index in [1.54, 1.807) is 18.5 Å². The first kappa shape index (κ1) is 28.9. The zero-order chi connectivity index (χ0) is 31.4. The van der Waals surface area contributed by atoms with Crippen LogP contribution >= 0.6 is 0 Å². The number of alkyl halides is 2. The van der Waals surface area contributed by atoms with Gasteiger partial charge in [0.05, 0.1) is 28.3 Å². The summed E-state index contributed by atoms with van der Waals surface area (Å²) in [5, 5.41) is 6.83. The van der Waals surface area contributed by atoms with Crippen molar-refractivity contribution in [1.82, 2.24) is 19.3 Å². The number of fused-ring (bicyclic) bond motifs is 3. The molecule has 0 spiro atoms. The molecule has 6 aromatic rings. The maximum atomic E-state index is 14.9. The maximum Gasteiger partial charge on any atom is 0.137 e. The van der Waals surface area contributed by atoms with Crippen molar-refractivity contribution in [3.05, 3.63) is 119 Å². The van der Waals surface area contributed by atoms with Crippen molar-refractivity contribution in [3.63, 3.8) is 0 Å². The number of pyridine rings is 1. The molecular weight excluding hydrogens is 573 g/mol. The first-order chi connectivity index (χ1) is 21.7. The lowest BCUT2D eigenvalue weighted by molar-refractivity contribution is 0.195. The number of allylic oxidation sites excluding steroid dienone is 2. The molecule has 1 aliphatic rings. The molecule has 1 aliphatic carbocycles. The van der Waals surface area contributed by atoms with Crippen LogP contribution in [0.4, 0.5) is 13.2 Å². The first-order valence-corrected chi connectivity index (χ1v) is 15.2. The molecule has 0 saturated carbocycles. The lowest BCUT2D eigenvalue weighted by Gasteiger charge is -2.25. The van der Waals surface area contributed by atoms with Crippen molar-refractivity contribution in [1.29, 1.82) is 0 Å². The standard InChI is InChI=1S/C37H33F3N4O/c1-21(2)24-14-15-41-35(16-24)43-33-11-6-5-10-29(33)30-13-12-28(20-34(30)43)45-27-9-7-8-26(19-27)44-23(4)36(22(3)42-44)37-31(39)17-25(38)18-32(37)40/h5-17,19-21,25,32,37H,18H2,1-4H3/t25-,32-,37?/m0/s1. The highest BCUT2D eigenvalue weighted by molar-refractivity contribution is 6.09. The highest BCUT2D eigenvalue weighted by atomic mass is 19.2. The second-order valence-corrected chi connectivity index (χ2v) is 12.0. The van der Waals surface area contributed by atoms with E-state index < -0.39 is 24.1 Å². The van der Waals surface area contributed by atoms with Gasteiger partial charge in [-0.05, 0) is 73.9 Å². The van der Waals surface area contributed by atoms with Crippen LogP contribution in [0.25, 0.3) is 33.3 Å². The summed E-state index contributed by atoms with van der Waals surface area (Å²) >= 11 is 0. The molecular formula is C37H33F3N4O. The summed E-state index contributed by atoms with van der Waals surface area (Å²) in [5.74, 6) is 0.476. The van der Waals surface area contributed by atoms with Gasteiger partial charge in [-0.15, -0.1) is 0 Å². The van der Waals surface area contributed by atoms with E-state index in [9.17, 15) is 13.2 Å². The van der Waals surface area contributed by atoms with Gasteiger partial charge >= 0.3 is 0 Å². The molecule has 0 radical (unpaired) electrons. The third-order valence-electron chi connectivity index (χ3n) is 8.72. The van der Waals surface area contributed by atoms with E-state index in [-0.39, 0.29) is 6.42 Å². The summed E-state index contributed by atoms with van der Waals surface area (Å²) in [6.07, 6.45) is -0.926. The van der Waals surface area contributed by atoms with Crippen LogP contribution in [0.5, 0.6) is 11.5 Å². The average Bonchev–Trinajstić information content (AvgIpc) is 3.50. The molecule has 45 heavy (non-hydrogen) atoms. The minimum absolute atomic E-state index is 0.364. The molecule has 3 heterocycles. The van der Waals surface area contributed by atoms with E-state index in [2.05, 4.69) is 47.8 Å². The average molecular weight is 607 g/mol. The molecule has 0 fully saturated rings. The summed E-state index contributed by atoms with van der Waals surface area (Å²) in [5.41, 5.74) is 5.47. The van der Waals surface area contributed by atoms with Crippen LogP contribution in [-0.2, 0) is 0 Å². The first-order valence-electron chi connectivity index (χ1n) is 15.2. The zero-order valence-electron chi connectivity index (χ0n) is 25.5. The molecule has 7 rings (SSSR count). The SMILES string of the molecule is Cc1nn(-c2cccc(Oc3ccc4c5ccccc5n(-c5cc(C(C)C)ccn5)c4c3)c2)c(C)c1C1C(F)=C[C@H](F)C[C@@H]1F. The Morgan fingerprint density at radius 3 is 2.44 bits per heavy atom. The number of halogens is 3. The fraction of sp³-hybridized carbons (Fsp3) is 0.243. The van der Waals surface area contributed by atoms with Crippen LogP contribution in [0.3, 0.4) is 0 Å². The predicted molar refractivity (Wildman–Crippen MR) is 172 cm³/mol. The Morgan fingerprint density at radius 2 is 1.64 bits per heavy atom.